The number of esters is 1. The highest BCUT2D eigenvalue weighted by molar-refractivity contribution is 7.15. The van der Waals surface area contributed by atoms with Gasteiger partial charge in [-0.2, -0.15) is 5.10 Å². The molecule has 2 heterocycles. The SMILES string of the molecule is COC(=O)c1sc(C#CC(C)(C)C)cc1N(CC(C)n1cccn1)C(=O)C1CCC(C)CC1. The topological polar surface area (TPSA) is 64.4 Å². The van der Waals surface area contributed by atoms with Gasteiger partial charge in [0.15, 0.2) is 0 Å². The third-order valence-electron chi connectivity index (χ3n) is 5.99. The van der Waals surface area contributed by atoms with Crippen LogP contribution in [0.2, 0.25) is 0 Å². The summed E-state index contributed by atoms with van der Waals surface area (Å²) in [5, 5.41) is 4.35. The van der Waals surface area contributed by atoms with Gasteiger partial charge in [0.2, 0.25) is 5.91 Å². The molecule has 0 saturated heterocycles. The van der Waals surface area contributed by atoms with Crippen LogP contribution in [-0.4, -0.2) is 35.3 Å². The minimum Gasteiger partial charge on any atom is -0.465 e. The van der Waals surface area contributed by atoms with Crippen molar-refractivity contribution in [1.29, 1.82) is 0 Å². The fourth-order valence-electron chi connectivity index (χ4n) is 4.06. The smallest absolute Gasteiger partial charge is 0.350 e. The van der Waals surface area contributed by atoms with Crippen LogP contribution in [0.15, 0.2) is 24.5 Å². The molecule has 0 N–H and O–H groups in total. The second kappa shape index (κ2) is 10.6. The fourth-order valence-corrected chi connectivity index (χ4v) is 4.99. The van der Waals surface area contributed by atoms with E-state index in [1.165, 1.54) is 18.4 Å². The molecular formula is C26H35N3O3S. The van der Waals surface area contributed by atoms with E-state index in [4.69, 9.17) is 4.74 Å². The minimum atomic E-state index is -0.444. The molecule has 1 amide bonds. The Morgan fingerprint density at radius 2 is 2.00 bits per heavy atom. The molecule has 33 heavy (non-hydrogen) atoms. The molecule has 1 aliphatic rings. The molecule has 6 nitrogen and oxygen atoms in total. The molecule has 1 aliphatic carbocycles. The lowest BCUT2D eigenvalue weighted by Crippen LogP contribution is -2.41. The Balaban J connectivity index is 2.02. The Morgan fingerprint density at radius 1 is 1.30 bits per heavy atom. The van der Waals surface area contributed by atoms with Crippen molar-refractivity contribution >= 4 is 28.9 Å². The van der Waals surface area contributed by atoms with Crippen molar-refractivity contribution in [3.05, 3.63) is 34.3 Å². The van der Waals surface area contributed by atoms with Gasteiger partial charge in [-0.25, -0.2) is 4.79 Å². The lowest BCUT2D eigenvalue weighted by Gasteiger charge is -2.32. The summed E-state index contributed by atoms with van der Waals surface area (Å²) < 4.78 is 6.91. The van der Waals surface area contributed by atoms with Gasteiger partial charge in [-0.15, -0.1) is 11.3 Å². The summed E-state index contributed by atoms with van der Waals surface area (Å²) in [6.45, 7) is 10.8. The summed E-state index contributed by atoms with van der Waals surface area (Å²) in [6, 6.07) is 3.69. The van der Waals surface area contributed by atoms with Gasteiger partial charge in [-0.1, -0.05) is 18.8 Å². The molecule has 0 aliphatic heterocycles. The number of thiophene rings is 1. The maximum atomic E-state index is 13.8. The van der Waals surface area contributed by atoms with Gasteiger partial charge in [0.1, 0.15) is 4.88 Å². The average molecular weight is 470 g/mol. The number of nitrogens with zero attached hydrogens (tertiary/aromatic N) is 3. The van der Waals surface area contributed by atoms with Crippen molar-refractivity contribution in [3.63, 3.8) is 0 Å². The van der Waals surface area contributed by atoms with Crippen LogP contribution >= 0.6 is 11.3 Å². The van der Waals surface area contributed by atoms with Crippen molar-refractivity contribution in [2.75, 3.05) is 18.6 Å². The molecule has 0 bridgehead atoms. The van der Waals surface area contributed by atoms with Gasteiger partial charge in [0.25, 0.3) is 0 Å². The molecule has 3 rings (SSSR count). The zero-order valence-corrected chi connectivity index (χ0v) is 21.4. The quantitative estimate of drug-likeness (QED) is 0.411. The number of carbonyl (C=O) groups excluding carboxylic acids is 2. The lowest BCUT2D eigenvalue weighted by atomic mass is 9.82. The first kappa shape index (κ1) is 25.0. The summed E-state index contributed by atoms with van der Waals surface area (Å²) in [6.07, 6.45) is 7.48. The highest BCUT2D eigenvalue weighted by Gasteiger charge is 2.33. The van der Waals surface area contributed by atoms with Crippen LogP contribution in [0, 0.1) is 29.1 Å². The number of carbonyl (C=O) groups is 2. The molecule has 0 spiro atoms. The van der Waals surface area contributed by atoms with E-state index in [1.807, 2.05) is 50.7 Å². The molecule has 1 saturated carbocycles. The van der Waals surface area contributed by atoms with Crippen LogP contribution in [0.25, 0.3) is 0 Å². The molecule has 1 unspecified atom stereocenters. The highest BCUT2D eigenvalue weighted by Crippen LogP contribution is 2.36. The molecule has 2 aromatic rings. The number of rotatable bonds is 6. The summed E-state index contributed by atoms with van der Waals surface area (Å²) in [7, 11) is 1.37. The highest BCUT2D eigenvalue weighted by atomic mass is 32.1. The standard InChI is InChI=1S/C26H35N3O3S/c1-18-8-10-20(11-9-18)24(30)28(17-19(2)29-15-7-14-27-29)22-16-21(12-13-26(3,4)5)33-23(22)25(31)32-6/h7,14-16,18-20H,8-11,17H2,1-6H3. The molecule has 1 atom stereocenters. The number of hydrogen-bond acceptors (Lipinski definition) is 5. The number of ether oxygens (including phenoxy) is 1. The van der Waals surface area contributed by atoms with Crippen LogP contribution in [0.1, 0.15) is 80.9 Å². The molecule has 0 radical (unpaired) electrons. The minimum absolute atomic E-state index is 0.0412. The maximum absolute atomic E-state index is 13.8. The third-order valence-corrected chi connectivity index (χ3v) is 7.01. The van der Waals surface area contributed by atoms with E-state index in [0.29, 0.717) is 23.0 Å². The number of methoxy groups -OCH3 is 1. The number of aromatic nitrogens is 2. The number of anilines is 1. The van der Waals surface area contributed by atoms with Crippen LogP contribution in [0.5, 0.6) is 0 Å². The number of hydrogen-bond donors (Lipinski definition) is 0. The third kappa shape index (κ3) is 6.48. The molecule has 0 aromatic carbocycles. The predicted octanol–water partition coefficient (Wildman–Crippen LogP) is 5.55. The summed E-state index contributed by atoms with van der Waals surface area (Å²) in [5.74, 6) is 6.65. The van der Waals surface area contributed by atoms with Crippen LogP contribution in [0.4, 0.5) is 5.69 Å². The second-order valence-corrected chi connectivity index (χ2v) is 11.1. The molecule has 1 fully saturated rings. The van der Waals surface area contributed by atoms with E-state index in [2.05, 4.69) is 23.9 Å². The van der Waals surface area contributed by atoms with Gasteiger partial charge in [0.05, 0.1) is 23.7 Å². The van der Waals surface area contributed by atoms with Crippen molar-refractivity contribution in [2.24, 2.45) is 17.3 Å². The van der Waals surface area contributed by atoms with E-state index in [1.54, 1.807) is 11.1 Å². The fraction of sp³-hybridized carbons (Fsp3) is 0.577. The first-order valence-electron chi connectivity index (χ1n) is 11.6. The van der Waals surface area contributed by atoms with Gasteiger partial charge in [0, 0.05) is 30.3 Å². The van der Waals surface area contributed by atoms with E-state index in [-0.39, 0.29) is 23.3 Å². The summed E-state index contributed by atoms with van der Waals surface area (Å²) in [4.78, 5) is 29.5. The Morgan fingerprint density at radius 3 is 2.58 bits per heavy atom. The van der Waals surface area contributed by atoms with Crippen molar-refractivity contribution < 1.29 is 14.3 Å². The molecule has 178 valence electrons. The normalized spacial score (nSPS) is 19.3. The first-order valence-corrected chi connectivity index (χ1v) is 12.5. The Bertz CT molecular complexity index is 1020. The van der Waals surface area contributed by atoms with E-state index < -0.39 is 5.97 Å². The largest absolute Gasteiger partial charge is 0.465 e. The van der Waals surface area contributed by atoms with E-state index >= 15 is 0 Å². The maximum Gasteiger partial charge on any atom is 0.350 e. The lowest BCUT2D eigenvalue weighted by molar-refractivity contribution is -0.123. The van der Waals surface area contributed by atoms with Gasteiger partial charge in [-0.05, 0) is 71.4 Å². The van der Waals surface area contributed by atoms with Crippen LogP contribution < -0.4 is 4.90 Å². The van der Waals surface area contributed by atoms with E-state index in [9.17, 15) is 9.59 Å². The van der Waals surface area contributed by atoms with Gasteiger partial charge in [-0.3, -0.25) is 9.48 Å². The summed E-state index contributed by atoms with van der Waals surface area (Å²) >= 11 is 1.29. The van der Waals surface area contributed by atoms with Crippen LogP contribution in [-0.2, 0) is 9.53 Å². The van der Waals surface area contributed by atoms with Gasteiger partial charge >= 0.3 is 5.97 Å². The van der Waals surface area contributed by atoms with Crippen LogP contribution in [0.3, 0.4) is 0 Å². The van der Waals surface area contributed by atoms with Crippen molar-refractivity contribution in [2.45, 2.75) is 66.3 Å². The molecular weight excluding hydrogens is 434 g/mol. The Hall–Kier alpha value is -2.59. The first-order chi connectivity index (χ1) is 15.6. The Labute approximate surface area is 201 Å². The summed E-state index contributed by atoms with van der Waals surface area (Å²) in [5.41, 5.74) is 0.422. The van der Waals surface area contributed by atoms with Crippen molar-refractivity contribution in [3.8, 4) is 11.8 Å². The Kier molecular flexibility index (Phi) is 8.01. The predicted molar refractivity (Wildman–Crippen MR) is 132 cm³/mol. The average Bonchev–Trinajstić information content (AvgIpc) is 3.45. The molecule has 2 aromatic heterocycles. The molecule has 7 heteroatoms. The monoisotopic (exact) mass is 469 g/mol. The second-order valence-electron chi connectivity index (χ2n) is 10.1. The van der Waals surface area contributed by atoms with Crippen molar-refractivity contribution in [1.82, 2.24) is 9.78 Å². The zero-order chi connectivity index (χ0) is 24.2. The van der Waals surface area contributed by atoms with E-state index in [0.717, 1.165) is 30.6 Å². The number of amides is 1. The van der Waals surface area contributed by atoms with Gasteiger partial charge < -0.3 is 9.64 Å². The zero-order valence-electron chi connectivity index (χ0n) is 20.6.